The molecule has 0 aromatic carbocycles. The molecule has 1 aliphatic carbocycles. The van der Waals surface area contributed by atoms with Gasteiger partial charge in [-0.3, -0.25) is 9.78 Å². The second-order valence-electron chi connectivity index (χ2n) is 6.59. The van der Waals surface area contributed by atoms with Gasteiger partial charge in [-0.25, -0.2) is 9.50 Å². The summed E-state index contributed by atoms with van der Waals surface area (Å²) in [5.74, 6) is 0.496. The fraction of sp³-hybridized carbons (Fsp3) is 0.368. The number of hydrogen-bond donors (Lipinski definition) is 1. The third-order valence-corrected chi connectivity index (χ3v) is 4.77. The maximum absolute atomic E-state index is 12.7. The third-order valence-electron chi connectivity index (χ3n) is 4.77. The summed E-state index contributed by atoms with van der Waals surface area (Å²) < 4.78 is 1.75. The summed E-state index contributed by atoms with van der Waals surface area (Å²) in [6, 6.07) is 7.90. The molecule has 1 atom stereocenters. The predicted molar refractivity (Wildman–Crippen MR) is 95.2 cm³/mol. The van der Waals surface area contributed by atoms with Gasteiger partial charge in [0.05, 0.1) is 17.6 Å². The number of aromatic nitrogens is 4. The fourth-order valence-electron chi connectivity index (χ4n) is 3.08. The van der Waals surface area contributed by atoms with Crippen molar-refractivity contribution in [2.75, 3.05) is 0 Å². The van der Waals surface area contributed by atoms with Crippen LogP contribution >= 0.6 is 0 Å². The summed E-state index contributed by atoms with van der Waals surface area (Å²) >= 11 is 0. The average molecular weight is 335 g/mol. The second kappa shape index (κ2) is 6.27. The first-order valence-corrected chi connectivity index (χ1v) is 8.77. The van der Waals surface area contributed by atoms with Crippen molar-refractivity contribution >= 4 is 11.6 Å². The van der Waals surface area contributed by atoms with Gasteiger partial charge in [0.2, 0.25) is 0 Å². The topological polar surface area (TPSA) is 72.2 Å². The number of fused-ring (bicyclic) bond motifs is 1. The number of carbonyl (C=O) groups excluding carboxylic acids is 1. The van der Waals surface area contributed by atoms with Crippen LogP contribution in [-0.4, -0.2) is 31.5 Å². The van der Waals surface area contributed by atoms with Crippen LogP contribution in [0.1, 0.15) is 42.7 Å². The van der Waals surface area contributed by atoms with Crippen LogP contribution in [0.3, 0.4) is 0 Å². The molecule has 0 aliphatic heterocycles. The molecule has 6 nitrogen and oxygen atoms in total. The first-order valence-electron chi connectivity index (χ1n) is 8.77. The number of aryl methyl sites for hydroxylation is 1. The van der Waals surface area contributed by atoms with E-state index in [-0.39, 0.29) is 11.9 Å². The first kappa shape index (κ1) is 15.7. The van der Waals surface area contributed by atoms with Crippen LogP contribution in [0, 0.1) is 5.92 Å². The van der Waals surface area contributed by atoms with Crippen LogP contribution in [0.15, 0.2) is 36.7 Å². The Morgan fingerprint density at radius 2 is 2.20 bits per heavy atom. The molecule has 3 heterocycles. The number of amides is 1. The van der Waals surface area contributed by atoms with Crippen LogP contribution in [0.25, 0.3) is 17.0 Å². The smallest absolute Gasteiger partial charge is 0.256 e. The van der Waals surface area contributed by atoms with Gasteiger partial charge in [-0.1, -0.05) is 13.0 Å². The second-order valence-corrected chi connectivity index (χ2v) is 6.59. The molecule has 0 spiro atoms. The number of pyridine rings is 1. The maximum atomic E-state index is 12.7. The Morgan fingerprint density at radius 3 is 2.88 bits per heavy atom. The van der Waals surface area contributed by atoms with Crippen LogP contribution in [0.5, 0.6) is 0 Å². The minimum Gasteiger partial charge on any atom is -0.349 e. The first-order chi connectivity index (χ1) is 12.2. The van der Waals surface area contributed by atoms with Crippen LogP contribution in [0.2, 0.25) is 0 Å². The number of nitrogens with zero attached hydrogens (tertiary/aromatic N) is 4. The van der Waals surface area contributed by atoms with E-state index in [2.05, 4.69) is 34.2 Å². The van der Waals surface area contributed by atoms with Crippen molar-refractivity contribution < 1.29 is 4.79 Å². The Balaban J connectivity index is 1.76. The zero-order valence-electron chi connectivity index (χ0n) is 14.4. The van der Waals surface area contributed by atoms with E-state index in [1.807, 2.05) is 24.3 Å². The molecule has 0 bridgehead atoms. The Labute approximate surface area is 146 Å². The molecule has 0 radical (unpaired) electrons. The minimum atomic E-state index is -0.109. The lowest BCUT2D eigenvalue weighted by Gasteiger charge is -2.12. The molecular formula is C19H21N5O. The Morgan fingerprint density at radius 1 is 1.36 bits per heavy atom. The summed E-state index contributed by atoms with van der Waals surface area (Å²) in [4.78, 5) is 21.7. The lowest BCUT2D eigenvalue weighted by Crippen LogP contribution is -2.34. The summed E-state index contributed by atoms with van der Waals surface area (Å²) in [7, 11) is 0. The molecule has 1 amide bonds. The Kier molecular flexibility index (Phi) is 3.95. The number of rotatable bonds is 5. The Hall–Kier alpha value is -2.76. The molecule has 1 aliphatic rings. The molecule has 25 heavy (non-hydrogen) atoms. The van der Waals surface area contributed by atoms with E-state index >= 15 is 0 Å². The van der Waals surface area contributed by atoms with Gasteiger partial charge < -0.3 is 5.32 Å². The summed E-state index contributed by atoms with van der Waals surface area (Å²) in [6.07, 6.45) is 6.53. The Bertz CT molecular complexity index is 914. The zero-order chi connectivity index (χ0) is 17.4. The van der Waals surface area contributed by atoms with Crippen molar-refractivity contribution in [3.05, 3.63) is 47.9 Å². The third kappa shape index (κ3) is 2.99. The highest BCUT2D eigenvalue weighted by Gasteiger charge is 2.30. The quantitative estimate of drug-likeness (QED) is 0.778. The van der Waals surface area contributed by atoms with E-state index in [0.717, 1.165) is 23.5 Å². The van der Waals surface area contributed by atoms with Crippen LogP contribution in [-0.2, 0) is 6.42 Å². The van der Waals surface area contributed by atoms with Crippen molar-refractivity contribution in [1.82, 2.24) is 24.9 Å². The molecule has 1 saturated carbocycles. The van der Waals surface area contributed by atoms with Gasteiger partial charge in [-0.05, 0) is 50.3 Å². The van der Waals surface area contributed by atoms with Crippen molar-refractivity contribution in [2.24, 2.45) is 5.92 Å². The van der Waals surface area contributed by atoms with Crippen LogP contribution < -0.4 is 5.32 Å². The highest BCUT2D eigenvalue weighted by molar-refractivity contribution is 6.00. The SMILES string of the molecule is CCc1cc(-c2ccccn2)nc2c(C(=O)N[C@@H](C)C3CC3)cnn12. The van der Waals surface area contributed by atoms with E-state index in [1.54, 1.807) is 16.9 Å². The van der Waals surface area contributed by atoms with E-state index in [4.69, 9.17) is 0 Å². The molecule has 0 unspecified atom stereocenters. The minimum absolute atomic E-state index is 0.109. The standard InChI is InChI=1S/C19H21N5O/c1-3-14-10-17(16-6-4-5-9-20-16)23-18-15(11-21-24(14)18)19(25)22-12(2)13-7-8-13/h4-6,9-13H,3,7-8H2,1-2H3,(H,22,25)/t12-/m0/s1. The zero-order valence-corrected chi connectivity index (χ0v) is 14.4. The molecule has 6 heteroatoms. The summed E-state index contributed by atoms with van der Waals surface area (Å²) in [5, 5.41) is 7.47. The van der Waals surface area contributed by atoms with Gasteiger partial charge in [-0.2, -0.15) is 5.10 Å². The molecule has 128 valence electrons. The molecule has 0 saturated heterocycles. The molecule has 1 fully saturated rings. The van der Waals surface area contributed by atoms with Crippen molar-refractivity contribution in [3.8, 4) is 11.4 Å². The lowest BCUT2D eigenvalue weighted by molar-refractivity contribution is 0.0937. The van der Waals surface area contributed by atoms with Gasteiger partial charge in [0, 0.05) is 17.9 Å². The molecule has 3 aromatic rings. The number of carbonyl (C=O) groups is 1. The normalized spacial score (nSPS) is 15.3. The molecule has 1 N–H and O–H groups in total. The number of hydrogen-bond acceptors (Lipinski definition) is 4. The maximum Gasteiger partial charge on any atom is 0.256 e. The van der Waals surface area contributed by atoms with Gasteiger partial charge in [-0.15, -0.1) is 0 Å². The van der Waals surface area contributed by atoms with Crippen molar-refractivity contribution in [1.29, 1.82) is 0 Å². The number of nitrogens with one attached hydrogen (secondary N) is 1. The molecule has 4 rings (SSSR count). The van der Waals surface area contributed by atoms with Gasteiger partial charge in [0.1, 0.15) is 5.56 Å². The van der Waals surface area contributed by atoms with Gasteiger partial charge >= 0.3 is 0 Å². The van der Waals surface area contributed by atoms with Gasteiger partial charge in [0.15, 0.2) is 5.65 Å². The predicted octanol–water partition coefficient (Wildman–Crippen LogP) is 2.88. The van der Waals surface area contributed by atoms with Crippen molar-refractivity contribution in [3.63, 3.8) is 0 Å². The van der Waals surface area contributed by atoms with Crippen molar-refractivity contribution in [2.45, 2.75) is 39.2 Å². The van der Waals surface area contributed by atoms with E-state index in [9.17, 15) is 4.79 Å². The highest BCUT2D eigenvalue weighted by Crippen LogP contribution is 2.32. The van der Waals surface area contributed by atoms with E-state index in [1.165, 1.54) is 12.8 Å². The van der Waals surface area contributed by atoms with Crippen LogP contribution in [0.4, 0.5) is 0 Å². The molecular weight excluding hydrogens is 314 g/mol. The highest BCUT2D eigenvalue weighted by atomic mass is 16.1. The van der Waals surface area contributed by atoms with E-state index in [0.29, 0.717) is 17.1 Å². The fourth-order valence-corrected chi connectivity index (χ4v) is 3.08. The summed E-state index contributed by atoms with van der Waals surface area (Å²) in [5.41, 5.74) is 3.65. The molecule has 3 aromatic heterocycles. The monoisotopic (exact) mass is 335 g/mol. The van der Waals surface area contributed by atoms with E-state index < -0.39 is 0 Å². The lowest BCUT2D eigenvalue weighted by atomic mass is 10.2. The summed E-state index contributed by atoms with van der Waals surface area (Å²) in [6.45, 7) is 4.12. The largest absolute Gasteiger partial charge is 0.349 e. The average Bonchev–Trinajstić information content (AvgIpc) is 3.41. The van der Waals surface area contributed by atoms with Gasteiger partial charge in [0.25, 0.3) is 5.91 Å².